The molecule has 13 heteroatoms. The first-order valence-corrected chi connectivity index (χ1v) is 13.4. The molecule has 4 atom stereocenters. The fourth-order valence-electron chi connectivity index (χ4n) is 5.12. The summed E-state index contributed by atoms with van der Waals surface area (Å²) >= 11 is 0. The molecule has 4 rings (SSSR count). The lowest BCUT2D eigenvalue weighted by atomic mass is 9.91. The normalized spacial score (nSPS) is 20.9. The molecule has 4 amide bonds. The van der Waals surface area contributed by atoms with Crippen molar-refractivity contribution >= 4 is 40.6 Å². The Hall–Kier alpha value is -4.68. The number of aromatic nitrogens is 1. The van der Waals surface area contributed by atoms with Crippen LogP contribution < -0.4 is 21.7 Å². The van der Waals surface area contributed by atoms with Gasteiger partial charge >= 0.3 is 12.0 Å². The van der Waals surface area contributed by atoms with Crippen LogP contribution in [0.5, 0.6) is 0 Å². The van der Waals surface area contributed by atoms with E-state index in [0.29, 0.717) is 29.4 Å². The molecule has 1 fully saturated rings. The van der Waals surface area contributed by atoms with Crippen LogP contribution in [-0.4, -0.2) is 77.4 Å². The van der Waals surface area contributed by atoms with Gasteiger partial charge in [0.25, 0.3) is 5.91 Å². The number of nitrogens with one attached hydrogen (secondary N) is 5. The summed E-state index contributed by atoms with van der Waals surface area (Å²) in [6.07, 6.45) is 5.76. The first-order valence-electron chi connectivity index (χ1n) is 13.4. The number of carbonyl (C=O) groups is 4. The van der Waals surface area contributed by atoms with E-state index in [-0.39, 0.29) is 48.1 Å². The molecule has 7 N–H and O–H groups in total. The highest BCUT2D eigenvalue weighted by Crippen LogP contribution is 2.26. The van der Waals surface area contributed by atoms with Crippen LogP contribution in [0.4, 0.5) is 9.18 Å². The number of hydrogen-bond donors (Lipinski definition) is 6. The second-order valence-corrected chi connectivity index (χ2v) is 9.91. The summed E-state index contributed by atoms with van der Waals surface area (Å²) in [5, 5.41) is 15.8. The Bertz CT molecular complexity index is 1420. The zero-order valence-electron chi connectivity index (χ0n) is 22.8. The summed E-state index contributed by atoms with van der Waals surface area (Å²) in [4.78, 5) is 55.9. The van der Waals surface area contributed by atoms with Crippen LogP contribution in [0.25, 0.3) is 10.9 Å². The number of aromatic amines is 1. The van der Waals surface area contributed by atoms with Gasteiger partial charge in [-0.2, -0.15) is 0 Å². The molecular weight excluding hydrogens is 533 g/mol. The molecule has 1 saturated heterocycles. The number of H-pyrrole nitrogens is 1. The molecular formula is C28H34FN7O5. The highest BCUT2D eigenvalue weighted by Gasteiger charge is 2.38. The minimum Gasteiger partial charge on any atom is -0.464 e. The van der Waals surface area contributed by atoms with Crippen molar-refractivity contribution in [2.24, 2.45) is 11.7 Å². The van der Waals surface area contributed by atoms with Gasteiger partial charge in [-0.1, -0.05) is 43.4 Å². The van der Waals surface area contributed by atoms with Gasteiger partial charge in [0, 0.05) is 28.6 Å². The second kappa shape index (κ2) is 12.7. The van der Waals surface area contributed by atoms with Crippen molar-refractivity contribution in [2.45, 2.75) is 45.1 Å². The average Bonchev–Trinajstić information content (AvgIpc) is 3.50. The molecule has 1 aromatic carbocycles. The summed E-state index contributed by atoms with van der Waals surface area (Å²) < 4.78 is 18.9. The molecule has 218 valence electrons. The molecule has 0 saturated carbocycles. The number of nitrogens with zero attached hydrogens (tertiary/aromatic N) is 1. The molecule has 4 unspecified atom stereocenters. The number of amides is 4. The Morgan fingerprint density at radius 3 is 2.73 bits per heavy atom. The number of urea groups is 1. The van der Waals surface area contributed by atoms with E-state index in [0.717, 1.165) is 0 Å². The Kier molecular flexibility index (Phi) is 9.05. The van der Waals surface area contributed by atoms with E-state index in [1.165, 1.54) is 0 Å². The van der Waals surface area contributed by atoms with Crippen LogP contribution in [-0.2, 0) is 21.0 Å². The number of nitrogens with two attached hydrogens (primary N) is 1. The molecule has 0 bridgehead atoms. The Balaban J connectivity index is 1.36. The van der Waals surface area contributed by atoms with Gasteiger partial charge in [0.1, 0.15) is 30.3 Å². The van der Waals surface area contributed by atoms with Gasteiger partial charge in [0.05, 0.1) is 19.2 Å². The minimum atomic E-state index is -1.27. The zero-order valence-corrected chi connectivity index (χ0v) is 22.8. The highest BCUT2D eigenvalue weighted by molar-refractivity contribution is 6.02. The van der Waals surface area contributed by atoms with E-state index in [1.54, 1.807) is 42.2 Å². The summed E-state index contributed by atoms with van der Waals surface area (Å²) in [7, 11) is 0. The predicted octanol–water partition coefficient (Wildman–Crippen LogP) is 1.64. The maximum Gasteiger partial charge on any atom is 0.330 e. The van der Waals surface area contributed by atoms with Crippen LogP contribution in [0.15, 0.2) is 48.1 Å². The molecule has 12 nitrogen and oxygen atoms in total. The van der Waals surface area contributed by atoms with E-state index < -0.39 is 36.7 Å². The number of alkyl halides is 1. The number of carbonyl (C=O) groups excluding carboxylic acids is 4. The molecule has 41 heavy (non-hydrogen) atoms. The summed E-state index contributed by atoms with van der Waals surface area (Å²) in [5.41, 5.74) is 6.86. The quantitative estimate of drug-likeness (QED) is 0.144. The lowest BCUT2D eigenvalue weighted by molar-refractivity contribution is -0.145. The Labute approximate surface area is 236 Å². The number of esters is 1. The first-order chi connectivity index (χ1) is 19.6. The molecule has 1 aliphatic carbocycles. The van der Waals surface area contributed by atoms with Crippen LogP contribution in [0, 0.1) is 11.3 Å². The lowest BCUT2D eigenvalue weighted by Gasteiger charge is -2.31. The van der Waals surface area contributed by atoms with Crippen LogP contribution in [0.2, 0.25) is 0 Å². The minimum absolute atomic E-state index is 0.0275. The highest BCUT2D eigenvalue weighted by atomic mass is 19.1. The topological polar surface area (TPSA) is 182 Å². The van der Waals surface area contributed by atoms with Gasteiger partial charge in [0.2, 0.25) is 5.91 Å². The van der Waals surface area contributed by atoms with Crippen molar-refractivity contribution in [3.8, 4) is 0 Å². The monoisotopic (exact) mass is 567 g/mol. The second-order valence-electron chi connectivity index (χ2n) is 9.91. The van der Waals surface area contributed by atoms with Crippen molar-refractivity contribution < 1.29 is 28.3 Å². The standard InChI is InChI=1S/C28H34FN7O5/c1-3-41-27(39)21(34-25(37)23-18(13-29)17-6-4-5-7-19(17)33-23)14-32-28(40)35-20-10-11-36(26(20)38)22-9-8-16(24(30)31)12-15(22)2/h4-9,12,15,20-22,33H,3,10-11,13-14H2,1-2H3,(H3,30,31)(H,34,37)(H2,32,35,40). The zero-order chi connectivity index (χ0) is 29.7. The third-order valence-electron chi connectivity index (χ3n) is 7.19. The third kappa shape index (κ3) is 6.39. The van der Waals surface area contributed by atoms with Gasteiger partial charge in [-0.25, -0.2) is 14.0 Å². The maximum atomic E-state index is 13.8. The number of hydrogen-bond acceptors (Lipinski definition) is 6. The van der Waals surface area contributed by atoms with Crippen molar-refractivity contribution in [1.82, 2.24) is 25.8 Å². The molecule has 1 aliphatic heterocycles. The van der Waals surface area contributed by atoms with E-state index in [2.05, 4.69) is 20.9 Å². The summed E-state index contributed by atoms with van der Waals surface area (Å²) in [6.45, 7) is 2.78. The fourth-order valence-corrected chi connectivity index (χ4v) is 5.12. The van der Waals surface area contributed by atoms with E-state index in [9.17, 15) is 23.6 Å². The smallest absolute Gasteiger partial charge is 0.330 e. The third-order valence-corrected chi connectivity index (χ3v) is 7.19. The van der Waals surface area contributed by atoms with Crippen LogP contribution in [0.3, 0.4) is 0 Å². The van der Waals surface area contributed by atoms with Crippen LogP contribution in [0.1, 0.15) is 36.3 Å². The predicted molar refractivity (Wildman–Crippen MR) is 150 cm³/mol. The Morgan fingerprint density at radius 1 is 1.29 bits per heavy atom. The average molecular weight is 568 g/mol. The first kappa shape index (κ1) is 29.3. The van der Waals surface area contributed by atoms with Crippen molar-refractivity contribution in [1.29, 1.82) is 5.41 Å². The van der Waals surface area contributed by atoms with E-state index >= 15 is 0 Å². The number of likely N-dealkylation sites (tertiary alicyclic amines) is 1. The maximum absolute atomic E-state index is 13.8. The summed E-state index contributed by atoms with van der Waals surface area (Å²) in [5.74, 6) is -1.88. The number of amidine groups is 1. The number of fused-ring (bicyclic) bond motifs is 1. The molecule has 2 aromatic rings. The number of rotatable bonds is 10. The van der Waals surface area contributed by atoms with Crippen molar-refractivity contribution in [3.05, 3.63) is 59.3 Å². The molecule has 0 radical (unpaired) electrons. The van der Waals surface area contributed by atoms with Gasteiger partial charge < -0.3 is 36.3 Å². The van der Waals surface area contributed by atoms with Crippen molar-refractivity contribution in [2.75, 3.05) is 19.7 Å². The van der Waals surface area contributed by atoms with Gasteiger partial charge in [0.15, 0.2) is 0 Å². The molecule has 0 spiro atoms. The van der Waals surface area contributed by atoms with Crippen molar-refractivity contribution in [3.63, 3.8) is 0 Å². The van der Waals surface area contributed by atoms with Gasteiger partial charge in [-0.15, -0.1) is 0 Å². The SMILES string of the molecule is CCOC(=O)C(CNC(=O)NC1CCN(C2C=CC(C(=N)N)=CC2C)C1=O)NC(=O)c1[nH]c2ccccc2c1CF. The molecule has 1 aromatic heterocycles. The number of benzene rings is 1. The molecule has 2 heterocycles. The van der Waals surface area contributed by atoms with Gasteiger partial charge in [-0.3, -0.25) is 15.0 Å². The fraction of sp³-hybridized carbons (Fsp3) is 0.393. The van der Waals surface area contributed by atoms with E-state index in [4.69, 9.17) is 15.9 Å². The summed E-state index contributed by atoms with van der Waals surface area (Å²) in [6, 6.07) is 3.89. The number of halogens is 1. The Morgan fingerprint density at radius 2 is 2.05 bits per heavy atom. The van der Waals surface area contributed by atoms with Crippen LogP contribution >= 0.6 is 0 Å². The number of para-hydroxylation sites is 1. The largest absolute Gasteiger partial charge is 0.464 e. The molecule has 2 aliphatic rings. The van der Waals surface area contributed by atoms with Gasteiger partial charge in [-0.05, 0) is 25.3 Å². The van der Waals surface area contributed by atoms with E-state index in [1.807, 2.05) is 19.1 Å². The number of ether oxygens (including phenoxy) is 1. The lowest BCUT2D eigenvalue weighted by Crippen LogP contribution is -2.53.